The third-order valence-corrected chi connectivity index (χ3v) is 20.6. The molecule has 3 N–H and O–H groups in total. The minimum absolute atomic E-state index is 0.00582. The number of hydrogen-bond acceptors (Lipinski definition) is 32. The first-order valence-corrected chi connectivity index (χ1v) is 44.4. The Bertz CT molecular complexity index is 4040. The number of nitrogens with zero attached hydrogens (tertiary/aromatic N) is 2. The fourth-order valence-electron chi connectivity index (χ4n) is 13.0. The van der Waals surface area contributed by atoms with Crippen molar-refractivity contribution in [3.05, 3.63) is 152 Å². The number of alkyl carbamates (subject to hydrolysis) is 1. The van der Waals surface area contributed by atoms with Crippen molar-refractivity contribution in [2.75, 3.05) is 182 Å². The maximum absolute atomic E-state index is 14.8. The Kier molecular flexibility index (Phi) is 42.4. The number of carbonyl (C=O) groups excluding carboxylic acids is 9. The lowest BCUT2D eigenvalue weighted by atomic mass is 9.98. The number of rotatable bonds is 55. The van der Waals surface area contributed by atoms with Crippen molar-refractivity contribution in [3.8, 4) is 28.4 Å². The maximum Gasteiger partial charge on any atom is 0.509 e. The highest BCUT2D eigenvalue weighted by molar-refractivity contribution is 6.76. The van der Waals surface area contributed by atoms with Crippen molar-refractivity contribution >= 4 is 73.9 Å². The second-order valence-electron chi connectivity index (χ2n) is 28.9. The van der Waals surface area contributed by atoms with Crippen LogP contribution in [0.5, 0.6) is 17.2 Å². The Morgan fingerprint density at radius 2 is 1.09 bits per heavy atom. The predicted molar refractivity (Wildman–Crippen MR) is 443 cm³/mol. The highest BCUT2D eigenvalue weighted by Gasteiger charge is 2.58. The number of benzene rings is 4. The SMILES string of the molecule is C=CCOC(=O)O[C@@H]1[C@@H](OC(=O)OCC=C)[C@H](Oc2ccc(COC(=O)N3c4cc(OCCCC(=O)OCC[Si](C)(C)C)c(OC)cc4C(=O)N4CCCC[C@H]4C3O)cc2NC(=O)CCOCCOCCOCCOCCOCCOCCOCCOCCNC(=O)OCC2c3ccccc3-c3ccccc32)O[C@H](C(=O)OCC=C)[C@H]1OC(=O)OCC=C. The van der Waals surface area contributed by atoms with E-state index in [0.717, 1.165) is 33.2 Å². The molecule has 0 bridgehead atoms. The summed E-state index contributed by atoms with van der Waals surface area (Å²) in [4.78, 5) is 125. The molecule has 0 aromatic heterocycles. The van der Waals surface area contributed by atoms with Gasteiger partial charge in [-0.25, -0.2) is 33.7 Å². The molecule has 0 saturated carbocycles. The summed E-state index contributed by atoms with van der Waals surface area (Å²) in [6, 6.07) is 23.0. The average molecular weight is 1740 g/mol. The number of fused-ring (bicyclic) bond motifs is 5. The minimum atomic E-state index is -2.11. The molecule has 4 aliphatic rings. The summed E-state index contributed by atoms with van der Waals surface area (Å²) in [5.41, 5.74) is 4.49. The molecule has 4 aromatic carbocycles. The van der Waals surface area contributed by atoms with Crippen LogP contribution in [0.2, 0.25) is 25.7 Å². The molecule has 674 valence electrons. The summed E-state index contributed by atoms with van der Waals surface area (Å²) in [6.45, 7) is 23.8. The number of methoxy groups -OCH3 is 1. The molecule has 8 rings (SSSR count). The van der Waals surface area contributed by atoms with Crippen LogP contribution in [-0.2, 0) is 111 Å². The van der Waals surface area contributed by atoms with E-state index in [1.54, 1.807) is 0 Å². The van der Waals surface area contributed by atoms with Gasteiger partial charge in [-0.2, -0.15) is 0 Å². The molecule has 1 aliphatic carbocycles. The van der Waals surface area contributed by atoms with Gasteiger partial charge in [-0.1, -0.05) is 125 Å². The lowest BCUT2D eigenvalue weighted by Gasteiger charge is -2.42. The third kappa shape index (κ3) is 32.2. The number of aliphatic hydroxyl groups is 1. The van der Waals surface area contributed by atoms with Crippen molar-refractivity contribution in [2.45, 2.75) is 120 Å². The third-order valence-electron chi connectivity index (χ3n) is 18.9. The Morgan fingerprint density at radius 3 is 1.65 bits per heavy atom. The lowest BCUT2D eigenvalue weighted by molar-refractivity contribution is -0.276. The molecule has 7 atom stereocenters. The van der Waals surface area contributed by atoms with E-state index in [9.17, 15) is 48.3 Å². The fourth-order valence-corrected chi connectivity index (χ4v) is 13.7. The zero-order valence-corrected chi connectivity index (χ0v) is 71.1. The van der Waals surface area contributed by atoms with Gasteiger partial charge >= 0.3 is 42.6 Å². The molecular weight excluding hydrogens is 1630 g/mol. The second kappa shape index (κ2) is 53.3. The van der Waals surface area contributed by atoms with Gasteiger partial charge in [-0.05, 0) is 77.7 Å². The van der Waals surface area contributed by atoms with Gasteiger partial charge in [0.05, 0.1) is 155 Å². The highest BCUT2D eigenvalue weighted by Crippen LogP contribution is 2.46. The molecule has 3 heterocycles. The molecule has 4 aromatic rings. The van der Waals surface area contributed by atoms with Gasteiger partial charge in [0.15, 0.2) is 36.0 Å². The molecule has 36 nitrogen and oxygen atoms in total. The summed E-state index contributed by atoms with van der Waals surface area (Å²) in [7, 11) is -0.0879. The largest absolute Gasteiger partial charge is 0.509 e. The van der Waals surface area contributed by atoms with Gasteiger partial charge in [-0.15, -0.1) is 0 Å². The zero-order chi connectivity index (χ0) is 88.1. The first-order chi connectivity index (χ1) is 59.7. The molecule has 3 aliphatic heterocycles. The van der Waals surface area contributed by atoms with Crippen LogP contribution < -0.4 is 29.7 Å². The molecule has 0 spiro atoms. The summed E-state index contributed by atoms with van der Waals surface area (Å²) < 4.78 is 124. The number of piperidine rings is 1. The lowest BCUT2D eigenvalue weighted by Crippen LogP contribution is -2.64. The second-order valence-corrected chi connectivity index (χ2v) is 34.6. The molecule has 0 radical (unpaired) electrons. The highest BCUT2D eigenvalue weighted by atomic mass is 28.3. The van der Waals surface area contributed by atoms with E-state index in [1.807, 2.05) is 24.3 Å². The van der Waals surface area contributed by atoms with E-state index in [1.165, 1.54) is 66.6 Å². The van der Waals surface area contributed by atoms with E-state index in [-0.39, 0.29) is 118 Å². The molecule has 37 heteroatoms. The van der Waals surface area contributed by atoms with E-state index >= 15 is 0 Å². The Hall–Kier alpha value is -10.7. The Labute approximate surface area is 715 Å². The number of hydrogen-bond donors (Lipinski definition) is 3. The first-order valence-electron chi connectivity index (χ1n) is 40.7. The summed E-state index contributed by atoms with van der Waals surface area (Å²) >= 11 is 0. The van der Waals surface area contributed by atoms with Crippen LogP contribution in [0.1, 0.15) is 71.5 Å². The van der Waals surface area contributed by atoms with Crippen molar-refractivity contribution in [3.63, 3.8) is 0 Å². The normalized spacial score (nSPS) is 17.6. The summed E-state index contributed by atoms with van der Waals surface area (Å²) in [6.07, 6.45) is -11.8. The van der Waals surface area contributed by atoms with Crippen LogP contribution in [-0.4, -0.2) is 288 Å². The predicted octanol–water partition coefficient (Wildman–Crippen LogP) is 10.2. The van der Waals surface area contributed by atoms with Gasteiger partial charge in [-0.3, -0.25) is 14.4 Å². The molecular formula is C86H114N4O32Si. The number of esters is 2. The van der Waals surface area contributed by atoms with E-state index in [4.69, 9.17) is 104 Å². The molecule has 2 saturated heterocycles. The smallest absolute Gasteiger partial charge is 0.493 e. The number of amides is 4. The van der Waals surface area contributed by atoms with Crippen molar-refractivity contribution in [1.82, 2.24) is 10.2 Å². The number of ether oxygens (including phenoxy) is 22. The van der Waals surface area contributed by atoms with Gasteiger partial charge in [0.25, 0.3) is 5.91 Å². The Morgan fingerprint density at radius 1 is 0.553 bits per heavy atom. The van der Waals surface area contributed by atoms with Gasteiger partial charge in [0.2, 0.25) is 18.3 Å². The maximum atomic E-state index is 14.8. The number of anilines is 2. The number of aliphatic hydroxyl groups excluding tert-OH is 1. The van der Waals surface area contributed by atoms with Gasteiger partial charge < -0.3 is 125 Å². The zero-order valence-electron chi connectivity index (χ0n) is 70.1. The van der Waals surface area contributed by atoms with Crippen LogP contribution >= 0.6 is 0 Å². The van der Waals surface area contributed by atoms with Crippen molar-refractivity contribution < 1.29 is 152 Å². The van der Waals surface area contributed by atoms with E-state index in [2.05, 4.69) is 80.9 Å². The average Bonchev–Trinajstić information content (AvgIpc) is 1.71. The number of carbonyl (C=O) groups is 9. The van der Waals surface area contributed by atoms with Crippen molar-refractivity contribution in [1.29, 1.82) is 0 Å². The standard InChI is InChI=1S/C86H114N4O32Si/c1-9-31-112-80(95)76-74(120-84(98)113-32-10-2)75(121-85(99)114-33-11-3)77(122-86(100)115-34-12-4)81(119-76)118-69-27-26-59(57-117-83(97)90-68-56-71(110-35-19-25-73(92)111-52-53-123(6,7)8)70(101-5)55-64(68)78(93)89-30-18-17-24-67(89)79(90)94)54-66(69)88-72(91)28-36-102-38-40-104-42-44-106-46-48-108-50-51-109-49-47-107-45-43-105-41-39-103-37-29-87-82(96)116-58-65-62-22-15-13-20-60(62)61-21-14-16-23-63(61)65/h9-16,20-23,26-27,54-56,65,67,74-77,79,81,94H,1-4,17-19,24-25,28-53,57-58H2,5-8H3,(H,87,96)(H,88,91)/t67-,74-,75-,76-,77+,79?,81+/m0/s1. The molecule has 2 fully saturated rings. The topological polar surface area (TPSA) is 407 Å². The first kappa shape index (κ1) is 97.7. The van der Waals surface area contributed by atoms with E-state index < -0.39 is 138 Å². The van der Waals surface area contributed by atoms with Crippen molar-refractivity contribution in [2.24, 2.45) is 0 Å². The monoisotopic (exact) mass is 1740 g/mol. The fraction of sp³-hybridized carbons (Fsp3) is 0.523. The van der Waals surface area contributed by atoms with Gasteiger partial charge in [0, 0.05) is 39.6 Å². The molecule has 1 unspecified atom stereocenters. The number of nitrogens with one attached hydrogen (secondary N) is 2. The van der Waals surface area contributed by atoms with Crippen LogP contribution in [0, 0.1) is 0 Å². The van der Waals surface area contributed by atoms with Crippen LogP contribution in [0.4, 0.5) is 35.3 Å². The minimum Gasteiger partial charge on any atom is -0.493 e. The van der Waals surface area contributed by atoms with E-state index in [0.29, 0.717) is 105 Å². The van der Waals surface area contributed by atoms with Crippen LogP contribution in [0.15, 0.2) is 129 Å². The van der Waals surface area contributed by atoms with Gasteiger partial charge in [0.1, 0.15) is 45.4 Å². The van der Waals surface area contributed by atoms with Crippen LogP contribution in [0.25, 0.3) is 11.1 Å². The molecule has 123 heavy (non-hydrogen) atoms. The molecule has 4 amide bonds. The summed E-state index contributed by atoms with van der Waals surface area (Å²) in [5.74, 6) is -2.95. The summed E-state index contributed by atoms with van der Waals surface area (Å²) in [5, 5.41) is 17.7. The Balaban J connectivity index is 0.823. The van der Waals surface area contributed by atoms with Crippen LogP contribution in [0.3, 0.4) is 0 Å². The quantitative estimate of drug-likeness (QED) is 0.0122.